The van der Waals surface area contributed by atoms with Gasteiger partial charge in [-0.05, 0) is 81.0 Å². The summed E-state index contributed by atoms with van der Waals surface area (Å²) in [6.45, 7) is 4.50. The molecule has 0 spiro atoms. The molecule has 4 bridgehead atoms. The normalized spacial score (nSPS) is 53.3. The smallest absolute Gasteiger partial charge is 0.309 e. The molecule has 5 aliphatic carbocycles. The Morgan fingerprint density at radius 2 is 1.45 bits per heavy atom. The highest BCUT2D eigenvalue weighted by molar-refractivity contribution is 5.73. The first-order valence-electron chi connectivity index (χ1n) is 8.76. The molecule has 112 valence electrons. The minimum Gasteiger partial charge on any atom is -0.459 e. The van der Waals surface area contributed by atoms with E-state index >= 15 is 0 Å². The van der Waals surface area contributed by atoms with Crippen molar-refractivity contribution in [2.75, 3.05) is 0 Å². The molecule has 20 heavy (non-hydrogen) atoms. The first-order chi connectivity index (χ1) is 9.53. The molecule has 5 saturated carbocycles. The van der Waals surface area contributed by atoms with Gasteiger partial charge in [0.15, 0.2) is 0 Å². The predicted molar refractivity (Wildman–Crippen MR) is 78.0 cm³/mol. The van der Waals surface area contributed by atoms with Crippen molar-refractivity contribution in [2.24, 2.45) is 35.5 Å². The molecule has 2 nitrogen and oxygen atoms in total. The highest BCUT2D eigenvalue weighted by Gasteiger charge is 2.54. The summed E-state index contributed by atoms with van der Waals surface area (Å²) in [7, 11) is 0. The first kappa shape index (κ1) is 13.2. The maximum absolute atomic E-state index is 12.7. The fraction of sp³-hybridized carbons (Fsp3) is 0.944. The maximum atomic E-state index is 12.7. The minimum atomic E-state index is -0.0443. The van der Waals surface area contributed by atoms with Gasteiger partial charge in [-0.3, -0.25) is 4.79 Å². The van der Waals surface area contributed by atoms with E-state index in [1.807, 2.05) is 0 Å². The van der Waals surface area contributed by atoms with Crippen molar-refractivity contribution in [2.45, 2.75) is 70.8 Å². The fourth-order valence-corrected chi connectivity index (χ4v) is 6.33. The number of hydrogen-bond acceptors (Lipinski definition) is 2. The molecule has 0 aromatic carbocycles. The third-order valence-electron chi connectivity index (χ3n) is 6.72. The van der Waals surface area contributed by atoms with E-state index in [9.17, 15) is 4.79 Å². The highest BCUT2D eigenvalue weighted by Crippen LogP contribution is 2.57. The van der Waals surface area contributed by atoms with Crippen LogP contribution in [-0.2, 0) is 9.53 Å². The standard InChI is InChI=1S/C18H28O2/c1-11-3-12(2)16(4-11)17(19)20-18-8-13-5-14(9-18)7-15(6-13)10-18/h11-16H,3-10H2,1-2H3. The van der Waals surface area contributed by atoms with E-state index in [0.29, 0.717) is 11.8 Å². The van der Waals surface area contributed by atoms with Crippen molar-refractivity contribution in [1.29, 1.82) is 0 Å². The van der Waals surface area contributed by atoms with Gasteiger partial charge in [-0.25, -0.2) is 0 Å². The molecule has 0 amide bonds. The second kappa shape index (κ2) is 4.48. The third-order valence-corrected chi connectivity index (χ3v) is 6.72. The molecule has 0 aliphatic heterocycles. The second-order valence-corrected chi connectivity index (χ2v) is 8.68. The van der Waals surface area contributed by atoms with E-state index in [0.717, 1.165) is 24.2 Å². The van der Waals surface area contributed by atoms with Crippen LogP contribution in [0.5, 0.6) is 0 Å². The zero-order valence-electron chi connectivity index (χ0n) is 12.9. The molecule has 0 saturated heterocycles. The zero-order valence-corrected chi connectivity index (χ0v) is 12.9. The van der Waals surface area contributed by atoms with Gasteiger partial charge in [0.25, 0.3) is 0 Å². The lowest BCUT2D eigenvalue weighted by Gasteiger charge is -2.55. The van der Waals surface area contributed by atoms with E-state index < -0.39 is 0 Å². The van der Waals surface area contributed by atoms with Crippen LogP contribution >= 0.6 is 0 Å². The summed E-state index contributed by atoms with van der Waals surface area (Å²) < 4.78 is 6.21. The Bertz CT molecular complexity index is 378. The van der Waals surface area contributed by atoms with Gasteiger partial charge in [0, 0.05) is 0 Å². The van der Waals surface area contributed by atoms with Crippen molar-refractivity contribution in [3.05, 3.63) is 0 Å². The average Bonchev–Trinajstić information content (AvgIpc) is 2.66. The van der Waals surface area contributed by atoms with Gasteiger partial charge in [-0.15, -0.1) is 0 Å². The Labute approximate surface area is 122 Å². The number of hydrogen-bond donors (Lipinski definition) is 0. The molecule has 3 unspecified atom stereocenters. The van der Waals surface area contributed by atoms with Crippen LogP contribution in [0.2, 0.25) is 0 Å². The van der Waals surface area contributed by atoms with Gasteiger partial charge in [-0.1, -0.05) is 13.8 Å². The summed E-state index contributed by atoms with van der Waals surface area (Å²) in [6, 6.07) is 0. The number of carbonyl (C=O) groups is 1. The summed E-state index contributed by atoms with van der Waals surface area (Å²) >= 11 is 0. The molecule has 0 aromatic heterocycles. The zero-order chi connectivity index (χ0) is 13.9. The first-order valence-corrected chi connectivity index (χ1v) is 8.76. The Hall–Kier alpha value is -0.530. The highest BCUT2D eigenvalue weighted by atomic mass is 16.6. The van der Waals surface area contributed by atoms with E-state index in [1.54, 1.807) is 0 Å². The Balaban J connectivity index is 1.47. The van der Waals surface area contributed by atoms with Crippen molar-refractivity contribution in [3.63, 3.8) is 0 Å². The van der Waals surface area contributed by atoms with Crippen LogP contribution in [0.1, 0.15) is 65.2 Å². The number of rotatable bonds is 2. The number of ether oxygens (including phenoxy) is 1. The quantitative estimate of drug-likeness (QED) is 0.707. The molecule has 3 atom stereocenters. The van der Waals surface area contributed by atoms with Crippen LogP contribution in [0.4, 0.5) is 0 Å². The van der Waals surface area contributed by atoms with Gasteiger partial charge in [0.1, 0.15) is 5.60 Å². The SMILES string of the molecule is CC1CC(C)C(C(=O)OC23CC4CC(CC(C4)C2)C3)C1. The molecule has 5 aliphatic rings. The van der Waals surface area contributed by atoms with Crippen LogP contribution in [-0.4, -0.2) is 11.6 Å². The van der Waals surface area contributed by atoms with Gasteiger partial charge >= 0.3 is 5.97 Å². The molecule has 5 rings (SSSR count). The van der Waals surface area contributed by atoms with Crippen LogP contribution in [0.15, 0.2) is 0 Å². The second-order valence-electron chi connectivity index (χ2n) is 8.68. The van der Waals surface area contributed by atoms with E-state index in [4.69, 9.17) is 4.74 Å². The maximum Gasteiger partial charge on any atom is 0.309 e. The summed E-state index contributed by atoms with van der Waals surface area (Å²) in [5.41, 5.74) is -0.0443. The Kier molecular flexibility index (Phi) is 2.95. The van der Waals surface area contributed by atoms with Crippen molar-refractivity contribution in [1.82, 2.24) is 0 Å². The van der Waals surface area contributed by atoms with Crippen molar-refractivity contribution in [3.8, 4) is 0 Å². The van der Waals surface area contributed by atoms with Crippen LogP contribution in [0, 0.1) is 35.5 Å². The van der Waals surface area contributed by atoms with Crippen LogP contribution in [0.25, 0.3) is 0 Å². The van der Waals surface area contributed by atoms with Gasteiger partial charge in [-0.2, -0.15) is 0 Å². The van der Waals surface area contributed by atoms with Crippen LogP contribution in [0.3, 0.4) is 0 Å². The topological polar surface area (TPSA) is 26.3 Å². The molecular formula is C18H28O2. The summed E-state index contributed by atoms with van der Waals surface area (Å²) in [4.78, 5) is 12.7. The largest absolute Gasteiger partial charge is 0.459 e. The Morgan fingerprint density at radius 1 is 0.900 bits per heavy atom. The lowest BCUT2D eigenvalue weighted by atomic mass is 9.54. The minimum absolute atomic E-state index is 0.0443. The molecule has 5 fully saturated rings. The van der Waals surface area contributed by atoms with Gasteiger partial charge in [0.2, 0.25) is 0 Å². The summed E-state index contributed by atoms with van der Waals surface area (Å²) in [6.07, 6.45) is 9.98. The summed E-state index contributed by atoms with van der Waals surface area (Å²) in [5.74, 6) is 4.10. The monoisotopic (exact) mass is 276 g/mol. The number of carbonyl (C=O) groups excluding carboxylic acids is 1. The lowest BCUT2D eigenvalue weighted by Crippen LogP contribution is -2.53. The molecule has 0 aromatic rings. The predicted octanol–water partition coefficient (Wildman–Crippen LogP) is 4.18. The summed E-state index contributed by atoms with van der Waals surface area (Å²) in [5, 5.41) is 0. The molecular weight excluding hydrogens is 248 g/mol. The van der Waals surface area contributed by atoms with E-state index in [1.165, 1.54) is 44.9 Å². The van der Waals surface area contributed by atoms with E-state index in [-0.39, 0.29) is 17.5 Å². The molecule has 0 radical (unpaired) electrons. The lowest BCUT2D eigenvalue weighted by molar-refractivity contribution is -0.192. The molecule has 0 N–H and O–H groups in total. The van der Waals surface area contributed by atoms with Gasteiger partial charge < -0.3 is 4.74 Å². The average molecular weight is 276 g/mol. The van der Waals surface area contributed by atoms with Crippen molar-refractivity contribution < 1.29 is 9.53 Å². The van der Waals surface area contributed by atoms with E-state index in [2.05, 4.69) is 13.8 Å². The number of esters is 1. The fourth-order valence-electron chi connectivity index (χ4n) is 6.33. The van der Waals surface area contributed by atoms with Crippen molar-refractivity contribution >= 4 is 5.97 Å². The van der Waals surface area contributed by atoms with Gasteiger partial charge in [0.05, 0.1) is 5.92 Å². The molecule has 2 heteroatoms. The van der Waals surface area contributed by atoms with Crippen LogP contribution < -0.4 is 0 Å². The Morgan fingerprint density at radius 3 is 1.90 bits per heavy atom. The third kappa shape index (κ3) is 2.10. The molecule has 0 heterocycles.